The van der Waals surface area contributed by atoms with E-state index in [0.29, 0.717) is 19.6 Å². The molecule has 1 heterocycles. The Morgan fingerprint density at radius 1 is 1.11 bits per heavy atom. The van der Waals surface area contributed by atoms with E-state index in [1.807, 2.05) is 0 Å². The van der Waals surface area contributed by atoms with E-state index in [2.05, 4.69) is 35.9 Å². The van der Waals surface area contributed by atoms with Crippen molar-refractivity contribution in [3.05, 3.63) is 35.4 Å². The van der Waals surface area contributed by atoms with Gasteiger partial charge in [0.05, 0.1) is 0 Å². The molecule has 0 amide bonds. The van der Waals surface area contributed by atoms with Crippen LogP contribution >= 0.6 is 0 Å². The van der Waals surface area contributed by atoms with E-state index < -0.39 is 10.2 Å². The molecule has 1 aromatic rings. The van der Waals surface area contributed by atoms with Gasteiger partial charge in [0.1, 0.15) is 0 Å². The van der Waals surface area contributed by atoms with Crippen molar-refractivity contribution < 1.29 is 8.42 Å². The SMILES string of the molecule is CCCc1ccc(CCNS(=O)(=O)N2CC2)cc1. The Hall–Kier alpha value is -0.910. The van der Waals surface area contributed by atoms with E-state index in [9.17, 15) is 8.42 Å². The number of hydrogen-bond donors (Lipinski definition) is 1. The molecule has 0 spiro atoms. The molecule has 1 aliphatic heterocycles. The van der Waals surface area contributed by atoms with Crippen LogP contribution in [-0.2, 0) is 23.1 Å². The third kappa shape index (κ3) is 3.80. The summed E-state index contributed by atoms with van der Waals surface area (Å²) in [6, 6.07) is 8.41. The van der Waals surface area contributed by atoms with Gasteiger partial charge in [0.25, 0.3) is 10.2 Å². The van der Waals surface area contributed by atoms with Gasteiger partial charge >= 0.3 is 0 Å². The zero-order valence-corrected chi connectivity index (χ0v) is 11.5. The van der Waals surface area contributed by atoms with E-state index in [-0.39, 0.29) is 0 Å². The van der Waals surface area contributed by atoms with Crippen molar-refractivity contribution in [2.75, 3.05) is 19.6 Å². The smallest absolute Gasteiger partial charge is 0.202 e. The van der Waals surface area contributed by atoms with E-state index >= 15 is 0 Å². The second kappa shape index (κ2) is 5.82. The summed E-state index contributed by atoms with van der Waals surface area (Å²) in [5, 5.41) is 0. The molecule has 1 aromatic carbocycles. The number of aryl methyl sites for hydroxylation is 1. The van der Waals surface area contributed by atoms with Crippen LogP contribution in [0.1, 0.15) is 24.5 Å². The van der Waals surface area contributed by atoms with Crippen LogP contribution in [0.3, 0.4) is 0 Å². The zero-order chi connectivity index (χ0) is 13.0. The topological polar surface area (TPSA) is 49.2 Å². The van der Waals surface area contributed by atoms with Gasteiger partial charge in [-0.3, -0.25) is 0 Å². The molecule has 5 heteroatoms. The van der Waals surface area contributed by atoms with Crippen molar-refractivity contribution in [3.63, 3.8) is 0 Å². The number of rotatable bonds is 7. The van der Waals surface area contributed by atoms with Crippen LogP contribution in [0.2, 0.25) is 0 Å². The summed E-state index contributed by atoms with van der Waals surface area (Å²) in [7, 11) is -3.19. The highest BCUT2D eigenvalue weighted by atomic mass is 32.2. The second-order valence-electron chi connectivity index (χ2n) is 4.61. The van der Waals surface area contributed by atoms with Crippen molar-refractivity contribution in [3.8, 4) is 0 Å². The van der Waals surface area contributed by atoms with Crippen molar-refractivity contribution in [1.82, 2.24) is 9.03 Å². The maximum absolute atomic E-state index is 11.5. The number of hydrogen-bond acceptors (Lipinski definition) is 2. The largest absolute Gasteiger partial charge is 0.279 e. The molecule has 0 atom stereocenters. The molecule has 18 heavy (non-hydrogen) atoms. The first kappa shape index (κ1) is 13.5. The van der Waals surface area contributed by atoms with Gasteiger partial charge in [-0.15, -0.1) is 0 Å². The fourth-order valence-electron chi connectivity index (χ4n) is 1.86. The first-order valence-electron chi connectivity index (χ1n) is 6.44. The monoisotopic (exact) mass is 268 g/mol. The van der Waals surface area contributed by atoms with Gasteiger partial charge < -0.3 is 0 Å². The van der Waals surface area contributed by atoms with Crippen molar-refractivity contribution in [2.45, 2.75) is 26.2 Å². The summed E-state index contributed by atoms with van der Waals surface area (Å²) in [6.07, 6.45) is 2.98. The predicted octanol–water partition coefficient (Wildman–Crippen LogP) is 1.33. The molecule has 0 bridgehead atoms. The Morgan fingerprint density at radius 2 is 1.67 bits per heavy atom. The zero-order valence-electron chi connectivity index (χ0n) is 10.7. The molecule has 0 aromatic heterocycles. The molecule has 1 fully saturated rings. The lowest BCUT2D eigenvalue weighted by Crippen LogP contribution is -2.31. The van der Waals surface area contributed by atoms with E-state index in [0.717, 1.165) is 19.3 Å². The Kier molecular flexibility index (Phi) is 4.37. The molecule has 1 saturated heterocycles. The number of nitrogens with zero attached hydrogens (tertiary/aromatic N) is 1. The minimum absolute atomic E-state index is 0.464. The Balaban J connectivity index is 1.79. The minimum Gasteiger partial charge on any atom is -0.202 e. The quantitative estimate of drug-likeness (QED) is 0.759. The van der Waals surface area contributed by atoms with Crippen LogP contribution in [0.4, 0.5) is 0 Å². The first-order chi connectivity index (χ1) is 8.62. The molecule has 1 aliphatic rings. The van der Waals surface area contributed by atoms with Gasteiger partial charge in [-0.05, 0) is 24.0 Å². The molecule has 1 N–H and O–H groups in total. The van der Waals surface area contributed by atoms with Gasteiger partial charge in [-0.2, -0.15) is 12.7 Å². The fraction of sp³-hybridized carbons (Fsp3) is 0.538. The predicted molar refractivity (Wildman–Crippen MR) is 72.6 cm³/mol. The van der Waals surface area contributed by atoms with Gasteiger partial charge in [-0.1, -0.05) is 37.6 Å². The second-order valence-corrected chi connectivity index (χ2v) is 6.37. The lowest BCUT2D eigenvalue weighted by molar-refractivity contribution is 0.547. The van der Waals surface area contributed by atoms with E-state index in [4.69, 9.17) is 0 Å². The number of nitrogens with one attached hydrogen (secondary N) is 1. The Morgan fingerprint density at radius 3 is 2.17 bits per heavy atom. The summed E-state index contributed by atoms with van der Waals surface area (Å²) in [5.41, 5.74) is 2.51. The lowest BCUT2D eigenvalue weighted by Gasteiger charge is -2.07. The van der Waals surface area contributed by atoms with Gasteiger partial charge in [0.2, 0.25) is 0 Å². The average molecular weight is 268 g/mol. The van der Waals surface area contributed by atoms with E-state index in [1.54, 1.807) is 0 Å². The molecule has 2 rings (SSSR count). The molecule has 4 nitrogen and oxygen atoms in total. The summed E-state index contributed by atoms with van der Waals surface area (Å²) in [6.45, 7) is 3.93. The third-order valence-electron chi connectivity index (χ3n) is 3.01. The molecular weight excluding hydrogens is 248 g/mol. The number of benzene rings is 1. The summed E-state index contributed by atoms with van der Waals surface area (Å²) < 4.78 is 27.1. The van der Waals surface area contributed by atoms with Crippen molar-refractivity contribution in [1.29, 1.82) is 0 Å². The highest BCUT2D eigenvalue weighted by molar-refractivity contribution is 7.87. The lowest BCUT2D eigenvalue weighted by atomic mass is 10.1. The first-order valence-corrected chi connectivity index (χ1v) is 7.88. The van der Waals surface area contributed by atoms with Crippen LogP contribution in [0.15, 0.2) is 24.3 Å². The van der Waals surface area contributed by atoms with Gasteiger partial charge in [0.15, 0.2) is 0 Å². The molecule has 0 radical (unpaired) electrons. The summed E-state index contributed by atoms with van der Waals surface area (Å²) in [5.74, 6) is 0. The van der Waals surface area contributed by atoms with Crippen molar-refractivity contribution in [2.24, 2.45) is 0 Å². The molecular formula is C13H20N2O2S. The average Bonchev–Trinajstić information content (AvgIpc) is 3.16. The third-order valence-corrected chi connectivity index (χ3v) is 4.62. The van der Waals surface area contributed by atoms with Crippen LogP contribution in [0, 0.1) is 0 Å². The normalized spacial score (nSPS) is 15.8. The highest BCUT2D eigenvalue weighted by Gasteiger charge is 2.30. The van der Waals surface area contributed by atoms with Crippen LogP contribution in [0.25, 0.3) is 0 Å². The van der Waals surface area contributed by atoms with E-state index in [1.165, 1.54) is 15.4 Å². The summed E-state index contributed by atoms with van der Waals surface area (Å²) in [4.78, 5) is 0. The standard InChI is InChI=1S/C13H20N2O2S/c1-2-3-12-4-6-13(7-5-12)8-9-14-18(16,17)15-10-11-15/h4-7,14H,2-3,8-11H2,1H3. The van der Waals surface area contributed by atoms with Gasteiger partial charge in [0, 0.05) is 19.6 Å². The maximum Gasteiger partial charge on any atom is 0.279 e. The van der Waals surface area contributed by atoms with Gasteiger partial charge in [-0.25, -0.2) is 4.72 Å². The summed E-state index contributed by atoms with van der Waals surface area (Å²) >= 11 is 0. The fourth-order valence-corrected chi connectivity index (χ4v) is 2.96. The molecule has 0 saturated carbocycles. The molecule has 0 unspecified atom stereocenters. The highest BCUT2D eigenvalue weighted by Crippen LogP contribution is 2.10. The minimum atomic E-state index is -3.19. The van der Waals surface area contributed by atoms with Crippen molar-refractivity contribution >= 4 is 10.2 Å². The van der Waals surface area contributed by atoms with Crippen LogP contribution in [-0.4, -0.2) is 32.4 Å². The molecule has 100 valence electrons. The maximum atomic E-state index is 11.5. The Bertz CT molecular complexity index is 478. The van der Waals surface area contributed by atoms with Crippen LogP contribution in [0.5, 0.6) is 0 Å². The molecule has 0 aliphatic carbocycles. The Labute approximate surface area is 109 Å². The van der Waals surface area contributed by atoms with Crippen LogP contribution < -0.4 is 4.72 Å².